The molecule has 2 rings (SSSR count). The van der Waals surface area contributed by atoms with Gasteiger partial charge < -0.3 is 19.5 Å². The predicted molar refractivity (Wildman–Crippen MR) is 84.1 cm³/mol. The number of nitrogens with one attached hydrogen (secondary N) is 1. The number of benzene rings is 1. The minimum Gasteiger partial charge on any atom is -0.497 e. The lowest BCUT2D eigenvalue weighted by molar-refractivity contribution is 0.0546. The quantitative estimate of drug-likeness (QED) is 0.874. The maximum atomic E-state index is 5.50. The molecule has 4 heteroatoms. The molecule has 0 amide bonds. The number of hydrogen-bond donors (Lipinski definition) is 1. The molecule has 1 fully saturated rings. The van der Waals surface area contributed by atoms with Crippen molar-refractivity contribution in [1.29, 1.82) is 0 Å². The molecule has 2 unspecified atom stereocenters. The summed E-state index contributed by atoms with van der Waals surface area (Å²) in [4.78, 5) is 0. The van der Waals surface area contributed by atoms with Crippen LogP contribution in [0.5, 0.6) is 11.5 Å². The van der Waals surface area contributed by atoms with Gasteiger partial charge in [0.2, 0.25) is 0 Å². The molecule has 0 spiro atoms. The van der Waals surface area contributed by atoms with Crippen LogP contribution in [-0.2, 0) is 4.74 Å². The third kappa shape index (κ3) is 4.11. The molecule has 118 valence electrons. The Hall–Kier alpha value is -1.26. The molecule has 1 aliphatic rings. The van der Waals surface area contributed by atoms with E-state index in [0.717, 1.165) is 43.1 Å². The molecule has 1 heterocycles. The molecule has 1 aromatic carbocycles. The van der Waals surface area contributed by atoms with E-state index in [-0.39, 0.29) is 6.04 Å². The summed E-state index contributed by atoms with van der Waals surface area (Å²) >= 11 is 0. The Morgan fingerprint density at radius 2 is 1.86 bits per heavy atom. The first-order chi connectivity index (χ1) is 10.2. The van der Waals surface area contributed by atoms with Crippen LogP contribution in [0.1, 0.15) is 38.3 Å². The number of methoxy groups -OCH3 is 2. The maximum absolute atomic E-state index is 5.50. The summed E-state index contributed by atoms with van der Waals surface area (Å²) in [6, 6.07) is 6.70. The van der Waals surface area contributed by atoms with E-state index in [1.165, 1.54) is 0 Å². The van der Waals surface area contributed by atoms with Crippen molar-refractivity contribution < 1.29 is 14.2 Å². The van der Waals surface area contributed by atoms with Gasteiger partial charge in [0.25, 0.3) is 0 Å². The van der Waals surface area contributed by atoms with Crippen LogP contribution in [0, 0.1) is 5.92 Å². The van der Waals surface area contributed by atoms with E-state index >= 15 is 0 Å². The summed E-state index contributed by atoms with van der Waals surface area (Å²) in [5, 5.41) is 3.70. The van der Waals surface area contributed by atoms with Crippen molar-refractivity contribution >= 4 is 0 Å². The average molecular weight is 293 g/mol. The zero-order valence-electron chi connectivity index (χ0n) is 13.5. The summed E-state index contributed by atoms with van der Waals surface area (Å²) in [5.41, 5.74) is 1.16. The third-order valence-corrected chi connectivity index (χ3v) is 4.39. The Morgan fingerprint density at radius 3 is 2.48 bits per heavy atom. The van der Waals surface area contributed by atoms with Gasteiger partial charge in [0, 0.05) is 36.9 Å². The normalized spacial score (nSPS) is 19.0. The van der Waals surface area contributed by atoms with Gasteiger partial charge in [0.15, 0.2) is 0 Å². The first kappa shape index (κ1) is 16.1. The lowest BCUT2D eigenvalue weighted by atomic mass is 9.92. The first-order valence-electron chi connectivity index (χ1n) is 7.71. The number of hydrogen-bond acceptors (Lipinski definition) is 4. The van der Waals surface area contributed by atoms with E-state index in [9.17, 15) is 0 Å². The lowest BCUT2D eigenvalue weighted by Gasteiger charge is -2.31. The largest absolute Gasteiger partial charge is 0.497 e. The highest BCUT2D eigenvalue weighted by atomic mass is 16.5. The fourth-order valence-corrected chi connectivity index (χ4v) is 3.01. The van der Waals surface area contributed by atoms with Gasteiger partial charge in [-0.1, -0.05) is 6.07 Å². The summed E-state index contributed by atoms with van der Waals surface area (Å²) in [6.45, 7) is 6.22. The molecule has 0 saturated carbocycles. The van der Waals surface area contributed by atoms with Crippen LogP contribution >= 0.6 is 0 Å². The molecule has 0 radical (unpaired) electrons. The summed E-state index contributed by atoms with van der Waals surface area (Å²) in [5.74, 6) is 2.37. The Labute approximate surface area is 127 Å². The molecule has 21 heavy (non-hydrogen) atoms. The predicted octanol–water partition coefficient (Wildman–Crippen LogP) is 3.17. The summed E-state index contributed by atoms with van der Waals surface area (Å²) in [6.07, 6.45) is 2.28. The van der Waals surface area contributed by atoms with Crippen LogP contribution < -0.4 is 14.8 Å². The molecule has 4 nitrogen and oxygen atoms in total. The molecule has 0 aromatic heterocycles. The Morgan fingerprint density at radius 1 is 1.14 bits per heavy atom. The van der Waals surface area contributed by atoms with Crippen LogP contribution in [-0.4, -0.2) is 33.5 Å². The van der Waals surface area contributed by atoms with Gasteiger partial charge in [-0.05, 0) is 38.7 Å². The van der Waals surface area contributed by atoms with E-state index in [1.807, 2.05) is 12.1 Å². The average Bonchev–Trinajstić information content (AvgIpc) is 2.54. The van der Waals surface area contributed by atoms with Crippen molar-refractivity contribution in [3.63, 3.8) is 0 Å². The second-order valence-electron chi connectivity index (χ2n) is 5.73. The minimum absolute atomic E-state index is 0.240. The van der Waals surface area contributed by atoms with Gasteiger partial charge in [-0.25, -0.2) is 0 Å². The Kier molecular flexibility index (Phi) is 5.88. The molecule has 2 atom stereocenters. The molecule has 1 N–H and O–H groups in total. The SMILES string of the molecule is COc1ccc(C(C)NC(C)C2CCOCC2)c(OC)c1. The van der Waals surface area contributed by atoms with E-state index in [1.54, 1.807) is 14.2 Å². The summed E-state index contributed by atoms with van der Waals surface area (Å²) < 4.78 is 16.2. The standard InChI is InChI=1S/C17H27NO3/c1-12(14-7-9-21-10-8-14)18-13(2)16-6-5-15(19-3)11-17(16)20-4/h5-6,11-14,18H,7-10H2,1-4H3. The van der Waals surface area contributed by atoms with Gasteiger partial charge in [0.1, 0.15) is 11.5 Å². The topological polar surface area (TPSA) is 39.7 Å². The summed E-state index contributed by atoms with van der Waals surface area (Å²) in [7, 11) is 3.37. The maximum Gasteiger partial charge on any atom is 0.127 e. The van der Waals surface area contributed by atoms with Crippen molar-refractivity contribution in [1.82, 2.24) is 5.32 Å². The van der Waals surface area contributed by atoms with Crippen LogP contribution in [0.3, 0.4) is 0 Å². The van der Waals surface area contributed by atoms with Gasteiger partial charge in [0.05, 0.1) is 14.2 Å². The second-order valence-corrected chi connectivity index (χ2v) is 5.73. The molecule has 0 bridgehead atoms. The second kappa shape index (κ2) is 7.66. The molecule has 1 aromatic rings. The molecular formula is C17H27NO3. The molecule has 1 saturated heterocycles. The van der Waals surface area contributed by atoms with Crippen LogP contribution in [0.15, 0.2) is 18.2 Å². The van der Waals surface area contributed by atoms with E-state index in [2.05, 4.69) is 25.2 Å². The smallest absolute Gasteiger partial charge is 0.127 e. The van der Waals surface area contributed by atoms with Crippen molar-refractivity contribution in [2.75, 3.05) is 27.4 Å². The van der Waals surface area contributed by atoms with E-state index in [4.69, 9.17) is 14.2 Å². The fraction of sp³-hybridized carbons (Fsp3) is 0.647. The fourth-order valence-electron chi connectivity index (χ4n) is 3.01. The Bertz CT molecular complexity index is 444. The van der Waals surface area contributed by atoms with Gasteiger partial charge >= 0.3 is 0 Å². The van der Waals surface area contributed by atoms with Crippen molar-refractivity contribution in [3.05, 3.63) is 23.8 Å². The number of ether oxygens (including phenoxy) is 3. The van der Waals surface area contributed by atoms with Crippen molar-refractivity contribution in [3.8, 4) is 11.5 Å². The highest BCUT2D eigenvalue weighted by Crippen LogP contribution is 2.30. The van der Waals surface area contributed by atoms with Gasteiger partial charge in [-0.2, -0.15) is 0 Å². The van der Waals surface area contributed by atoms with Gasteiger partial charge in [-0.15, -0.1) is 0 Å². The molecule has 1 aliphatic heterocycles. The minimum atomic E-state index is 0.240. The zero-order chi connectivity index (χ0) is 15.2. The van der Waals surface area contributed by atoms with E-state index in [0.29, 0.717) is 12.0 Å². The highest BCUT2D eigenvalue weighted by molar-refractivity contribution is 5.42. The highest BCUT2D eigenvalue weighted by Gasteiger charge is 2.23. The van der Waals surface area contributed by atoms with Crippen molar-refractivity contribution in [2.45, 2.75) is 38.8 Å². The van der Waals surface area contributed by atoms with Crippen LogP contribution in [0.4, 0.5) is 0 Å². The number of rotatable bonds is 6. The lowest BCUT2D eigenvalue weighted by Crippen LogP contribution is -2.38. The monoisotopic (exact) mass is 293 g/mol. The van der Waals surface area contributed by atoms with Crippen LogP contribution in [0.2, 0.25) is 0 Å². The van der Waals surface area contributed by atoms with Crippen LogP contribution in [0.25, 0.3) is 0 Å². The zero-order valence-corrected chi connectivity index (χ0v) is 13.5. The first-order valence-corrected chi connectivity index (χ1v) is 7.71. The molecule has 0 aliphatic carbocycles. The molecular weight excluding hydrogens is 266 g/mol. The van der Waals surface area contributed by atoms with E-state index < -0.39 is 0 Å². The van der Waals surface area contributed by atoms with Crippen molar-refractivity contribution in [2.24, 2.45) is 5.92 Å². The van der Waals surface area contributed by atoms with Gasteiger partial charge in [-0.3, -0.25) is 0 Å². The third-order valence-electron chi connectivity index (χ3n) is 4.39. The Balaban J connectivity index is 2.03.